The molecule has 0 spiro atoms. The predicted molar refractivity (Wildman–Crippen MR) is 195 cm³/mol. The highest BCUT2D eigenvalue weighted by Gasteiger charge is 2.21. The topological polar surface area (TPSA) is 18.5 Å². The Hall–Kier alpha value is -4.56. The van der Waals surface area contributed by atoms with Crippen LogP contribution < -0.4 is 9.47 Å². The molecule has 6 aromatic rings. The van der Waals surface area contributed by atoms with Gasteiger partial charge in [-0.3, -0.25) is 0 Å². The molecule has 0 amide bonds. The maximum absolute atomic E-state index is 6.32. The van der Waals surface area contributed by atoms with Crippen LogP contribution in [0.25, 0.3) is 54.9 Å². The van der Waals surface area contributed by atoms with Crippen LogP contribution in [-0.4, -0.2) is 13.2 Å². The van der Waals surface area contributed by atoms with Crippen LogP contribution >= 0.6 is 0 Å². The average molecular weight is 605 g/mol. The number of unbranched alkanes of at least 4 members (excludes halogenated alkanes) is 4. The SMILES string of the molecule is CCCCCc1ccc(-c2ccc3c4c(ccc3c2)OCCOc2ccc3cc(-c5ccc(CCCCC)cc5)ccc3c2-4)cc1. The van der Waals surface area contributed by atoms with Gasteiger partial charge in [0.2, 0.25) is 0 Å². The van der Waals surface area contributed by atoms with Crippen LogP contribution in [0, 0.1) is 0 Å². The highest BCUT2D eigenvalue weighted by Crippen LogP contribution is 2.47. The van der Waals surface area contributed by atoms with Gasteiger partial charge in [-0.05, 0) is 105 Å². The summed E-state index contributed by atoms with van der Waals surface area (Å²) in [6, 6.07) is 40.6. The van der Waals surface area contributed by atoms with Gasteiger partial charge >= 0.3 is 0 Å². The van der Waals surface area contributed by atoms with Crippen molar-refractivity contribution >= 4 is 21.5 Å². The van der Waals surface area contributed by atoms with E-state index in [1.54, 1.807) is 0 Å². The molecule has 0 aliphatic carbocycles. The van der Waals surface area contributed by atoms with Crippen LogP contribution in [0.4, 0.5) is 0 Å². The van der Waals surface area contributed by atoms with Crippen LogP contribution in [0.1, 0.15) is 63.5 Å². The third-order valence-electron chi connectivity index (χ3n) is 9.52. The maximum atomic E-state index is 6.32. The third-order valence-corrected chi connectivity index (χ3v) is 9.52. The lowest BCUT2D eigenvalue weighted by molar-refractivity contribution is 0.215. The Labute approximate surface area is 274 Å². The maximum Gasteiger partial charge on any atom is 0.128 e. The molecule has 0 unspecified atom stereocenters. The van der Waals surface area contributed by atoms with Crippen molar-refractivity contribution in [1.82, 2.24) is 0 Å². The molecular weight excluding hydrogens is 560 g/mol. The smallest absolute Gasteiger partial charge is 0.128 e. The van der Waals surface area contributed by atoms with Crippen LogP contribution in [0.3, 0.4) is 0 Å². The number of rotatable bonds is 10. The Morgan fingerprint density at radius 1 is 0.435 bits per heavy atom. The summed E-state index contributed by atoms with van der Waals surface area (Å²) in [6.07, 6.45) is 9.91. The summed E-state index contributed by atoms with van der Waals surface area (Å²) in [5, 5.41) is 4.76. The second kappa shape index (κ2) is 13.8. The normalized spacial score (nSPS) is 12.6. The van der Waals surface area contributed by atoms with Crippen molar-refractivity contribution in [3.05, 3.63) is 120 Å². The van der Waals surface area contributed by atoms with E-state index in [0.717, 1.165) is 35.5 Å². The van der Waals surface area contributed by atoms with Gasteiger partial charge in [0.05, 0.1) is 0 Å². The first-order chi connectivity index (χ1) is 22.7. The van der Waals surface area contributed by atoms with Crippen LogP contribution in [-0.2, 0) is 12.8 Å². The number of hydrogen-bond acceptors (Lipinski definition) is 2. The molecule has 6 aromatic carbocycles. The summed E-state index contributed by atoms with van der Waals surface area (Å²) in [4.78, 5) is 0. The third kappa shape index (κ3) is 6.27. The molecule has 0 N–H and O–H groups in total. The van der Waals surface area contributed by atoms with Crippen LogP contribution in [0.2, 0.25) is 0 Å². The van der Waals surface area contributed by atoms with Crippen molar-refractivity contribution < 1.29 is 9.47 Å². The Morgan fingerprint density at radius 2 is 0.848 bits per heavy atom. The molecule has 2 nitrogen and oxygen atoms in total. The van der Waals surface area contributed by atoms with Crippen molar-refractivity contribution in [1.29, 1.82) is 0 Å². The van der Waals surface area contributed by atoms with Gasteiger partial charge in [0, 0.05) is 11.1 Å². The molecule has 0 aromatic heterocycles. The van der Waals surface area contributed by atoms with E-state index < -0.39 is 0 Å². The first-order valence-electron chi connectivity index (χ1n) is 17.3. The molecule has 1 heterocycles. The fourth-order valence-corrected chi connectivity index (χ4v) is 6.92. The monoisotopic (exact) mass is 604 g/mol. The van der Waals surface area contributed by atoms with E-state index in [2.05, 4.69) is 123 Å². The second-order valence-corrected chi connectivity index (χ2v) is 12.8. The Kier molecular flexibility index (Phi) is 9.05. The largest absolute Gasteiger partial charge is 0.489 e. The summed E-state index contributed by atoms with van der Waals surface area (Å²) in [6.45, 7) is 5.56. The Balaban J connectivity index is 1.26. The van der Waals surface area contributed by atoms with E-state index >= 15 is 0 Å². The molecule has 0 radical (unpaired) electrons. The molecule has 0 atom stereocenters. The Morgan fingerprint density at radius 3 is 1.26 bits per heavy atom. The van der Waals surface area contributed by atoms with Gasteiger partial charge in [0.25, 0.3) is 0 Å². The molecular formula is C44H44O2. The lowest BCUT2D eigenvalue weighted by Gasteiger charge is -2.23. The summed E-state index contributed by atoms with van der Waals surface area (Å²) in [5.41, 5.74) is 10.0. The molecule has 7 rings (SSSR count). The van der Waals surface area contributed by atoms with Crippen LogP contribution in [0.15, 0.2) is 109 Å². The van der Waals surface area contributed by atoms with Gasteiger partial charge in [-0.25, -0.2) is 0 Å². The molecule has 0 saturated heterocycles. The predicted octanol–water partition coefficient (Wildman–Crippen LogP) is 12.2. The van der Waals surface area contributed by atoms with Gasteiger partial charge < -0.3 is 9.47 Å². The number of hydrogen-bond donors (Lipinski definition) is 0. The zero-order valence-corrected chi connectivity index (χ0v) is 27.3. The van der Waals surface area contributed by atoms with Crippen molar-refractivity contribution in [3.8, 4) is 44.9 Å². The number of ether oxygens (including phenoxy) is 2. The molecule has 1 aliphatic rings. The Bertz CT molecular complexity index is 1810. The summed E-state index contributed by atoms with van der Waals surface area (Å²) < 4.78 is 12.6. The molecule has 1 aliphatic heterocycles. The number of benzene rings is 6. The molecule has 232 valence electrons. The van der Waals surface area contributed by atoms with Gasteiger partial charge in [0.1, 0.15) is 24.7 Å². The first-order valence-corrected chi connectivity index (χ1v) is 17.3. The van der Waals surface area contributed by atoms with Crippen molar-refractivity contribution in [3.63, 3.8) is 0 Å². The molecule has 0 fully saturated rings. The lowest BCUT2D eigenvalue weighted by atomic mass is 9.89. The molecule has 0 saturated carbocycles. The van der Waals surface area contributed by atoms with Crippen molar-refractivity contribution in [2.45, 2.75) is 65.2 Å². The fraction of sp³-hybridized carbons (Fsp3) is 0.273. The van der Waals surface area contributed by atoms with Gasteiger partial charge in [-0.2, -0.15) is 0 Å². The number of aryl methyl sites for hydroxylation is 2. The van der Waals surface area contributed by atoms with Crippen molar-refractivity contribution in [2.75, 3.05) is 13.2 Å². The highest BCUT2D eigenvalue weighted by atomic mass is 16.5. The number of fused-ring (bicyclic) bond motifs is 7. The zero-order chi connectivity index (χ0) is 31.3. The lowest BCUT2D eigenvalue weighted by Crippen LogP contribution is -2.12. The zero-order valence-electron chi connectivity index (χ0n) is 27.3. The van der Waals surface area contributed by atoms with E-state index in [1.165, 1.54) is 93.5 Å². The van der Waals surface area contributed by atoms with E-state index in [1.807, 2.05) is 0 Å². The van der Waals surface area contributed by atoms with Gasteiger partial charge in [-0.15, -0.1) is 0 Å². The molecule has 0 bridgehead atoms. The second-order valence-electron chi connectivity index (χ2n) is 12.8. The first kappa shape index (κ1) is 30.1. The minimum Gasteiger partial charge on any atom is -0.489 e. The molecule has 46 heavy (non-hydrogen) atoms. The summed E-state index contributed by atoms with van der Waals surface area (Å²) in [7, 11) is 0. The van der Waals surface area contributed by atoms with Gasteiger partial charge in [0.15, 0.2) is 0 Å². The van der Waals surface area contributed by atoms with Crippen LogP contribution in [0.5, 0.6) is 11.5 Å². The minimum absolute atomic E-state index is 0.520. The van der Waals surface area contributed by atoms with E-state index in [4.69, 9.17) is 9.47 Å². The standard InChI is InChI=1S/C44H44O2/c1-3-5-7-9-31-11-15-33(16-12-31)35-19-23-39-37(29-35)21-25-41-43(39)44-40-24-20-36(30-38(40)22-26-42(44)46-28-27-45-41)34-17-13-32(14-18-34)10-8-6-4-2/h11-26,29-30H,3-10,27-28H2,1-2H3. The van der Waals surface area contributed by atoms with E-state index in [-0.39, 0.29) is 0 Å². The van der Waals surface area contributed by atoms with Crippen molar-refractivity contribution in [2.24, 2.45) is 0 Å². The summed E-state index contributed by atoms with van der Waals surface area (Å²) >= 11 is 0. The fourth-order valence-electron chi connectivity index (χ4n) is 6.92. The average Bonchev–Trinajstić information content (AvgIpc) is 3.09. The van der Waals surface area contributed by atoms with E-state index in [0.29, 0.717) is 13.2 Å². The highest BCUT2D eigenvalue weighted by molar-refractivity contribution is 6.11. The quantitative estimate of drug-likeness (QED) is 0.145. The summed E-state index contributed by atoms with van der Waals surface area (Å²) in [5.74, 6) is 1.83. The van der Waals surface area contributed by atoms with E-state index in [9.17, 15) is 0 Å². The minimum atomic E-state index is 0.520. The molecule has 2 heteroatoms. The van der Waals surface area contributed by atoms with Gasteiger partial charge in [-0.1, -0.05) is 124 Å².